The Morgan fingerprint density at radius 1 is 1.47 bits per heavy atom. The van der Waals surface area contributed by atoms with Gasteiger partial charge in [0.15, 0.2) is 0 Å². The summed E-state index contributed by atoms with van der Waals surface area (Å²) in [6, 6.07) is 1.88. The maximum atomic E-state index is 6.10. The molecule has 0 radical (unpaired) electrons. The summed E-state index contributed by atoms with van der Waals surface area (Å²) in [6.07, 6.45) is 4.84. The number of hydrogen-bond donors (Lipinski definition) is 1. The normalized spacial score (nSPS) is 17.1. The van der Waals surface area contributed by atoms with Crippen LogP contribution < -0.4 is 5.73 Å². The first-order valence-electron chi connectivity index (χ1n) is 5.20. The molecule has 0 aromatic carbocycles. The molecular weight excluding hydrogens is 188 g/mol. The van der Waals surface area contributed by atoms with Gasteiger partial charge in [-0.15, -0.1) is 0 Å². The predicted molar refractivity (Wildman–Crippen MR) is 59.3 cm³/mol. The molecule has 0 aliphatic carbocycles. The van der Waals surface area contributed by atoms with Crippen LogP contribution in [0.15, 0.2) is 24.1 Å². The fourth-order valence-electron chi connectivity index (χ4n) is 1.84. The molecule has 2 heterocycles. The predicted octanol–water partition coefficient (Wildman–Crippen LogP) is 2.00. The summed E-state index contributed by atoms with van der Waals surface area (Å²) in [5.74, 6) is 0.856. The molecule has 1 aromatic heterocycles. The molecule has 1 aliphatic heterocycles. The van der Waals surface area contributed by atoms with Gasteiger partial charge in [-0.05, 0) is 31.1 Å². The van der Waals surface area contributed by atoms with Crippen LogP contribution in [0.5, 0.6) is 0 Å². The molecular formula is C12H16N2O. The van der Waals surface area contributed by atoms with E-state index in [2.05, 4.69) is 11.1 Å². The molecule has 15 heavy (non-hydrogen) atoms. The Morgan fingerprint density at radius 2 is 2.27 bits per heavy atom. The van der Waals surface area contributed by atoms with Gasteiger partial charge in [-0.3, -0.25) is 4.98 Å². The smallest absolute Gasteiger partial charge is 0.115 e. The molecule has 2 rings (SSSR count). The van der Waals surface area contributed by atoms with Crippen molar-refractivity contribution in [1.82, 2.24) is 4.98 Å². The molecule has 3 nitrogen and oxygen atoms in total. The van der Waals surface area contributed by atoms with Crippen molar-refractivity contribution in [3.8, 4) is 0 Å². The number of nitrogens with zero attached hydrogens (tertiary/aromatic N) is 1. The Bertz CT molecular complexity index is 399. The summed E-state index contributed by atoms with van der Waals surface area (Å²) in [4.78, 5) is 4.38. The lowest BCUT2D eigenvalue weighted by Gasteiger charge is -2.15. The van der Waals surface area contributed by atoms with Crippen LogP contribution in [0.3, 0.4) is 0 Å². The SMILES string of the molecule is Cc1cnc(C(N)C2=CCCO2)c(C)c1. The first kappa shape index (κ1) is 10.2. The number of aryl methyl sites for hydroxylation is 2. The first-order chi connectivity index (χ1) is 7.18. The molecule has 1 unspecified atom stereocenters. The molecule has 1 atom stereocenters. The Kier molecular flexibility index (Phi) is 2.73. The van der Waals surface area contributed by atoms with Crippen molar-refractivity contribution in [2.45, 2.75) is 26.3 Å². The van der Waals surface area contributed by atoms with Crippen LogP contribution in [0, 0.1) is 13.8 Å². The molecule has 80 valence electrons. The monoisotopic (exact) mass is 204 g/mol. The van der Waals surface area contributed by atoms with E-state index in [0.29, 0.717) is 0 Å². The highest BCUT2D eigenvalue weighted by atomic mass is 16.5. The van der Waals surface area contributed by atoms with Gasteiger partial charge in [-0.2, -0.15) is 0 Å². The van der Waals surface area contributed by atoms with Crippen molar-refractivity contribution >= 4 is 0 Å². The van der Waals surface area contributed by atoms with Gasteiger partial charge in [0, 0.05) is 12.6 Å². The second kappa shape index (κ2) is 4.03. The van der Waals surface area contributed by atoms with Gasteiger partial charge in [0.1, 0.15) is 11.8 Å². The topological polar surface area (TPSA) is 48.1 Å². The number of hydrogen-bond acceptors (Lipinski definition) is 3. The molecule has 0 saturated heterocycles. The van der Waals surface area contributed by atoms with Gasteiger partial charge in [-0.1, -0.05) is 6.07 Å². The minimum Gasteiger partial charge on any atom is -0.496 e. The maximum absolute atomic E-state index is 6.10. The minimum absolute atomic E-state index is 0.215. The van der Waals surface area contributed by atoms with Crippen LogP contribution in [-0.4, -0.2) is 11.6 Å². The molecule has 3 heteroatoms. The van der Waals surface area contributed by atoms with Gasteiger partial charge in [0.05, 0.1) is 12.3 Å². The third kappa shape index (κ3) is 2.02. The molecule has 1 aromatic rings. The van der Waals surface area contributed by atoms with Gasteiger partial charge >= 0.3 is 0 Å². The number of pyridine rings is 1. The van der Waals surface area contributed by atoms with E-state index in [1.807, 2.05) is 26.1 Å². The second-order valence-electron chi connectivity index (χ2n) is 3.94. The summed E-state index contributed by atoms with van der Waals surface area (Å²) < 4.78 is 5.45. The van der Waals surface area contributed by atoms with Crippen LogP contribution in [-0.2, 0) is 4.74 Å². The number of aromatic nitrogens is 1. The zero-order valence-corrected chi connectivity index (χ0v) is 9.16. The van der Waals surface area contributed by atoms with E-state index < -0.39 is 0 Å². The van der Waals surface area contributed by atoms with Crippen LogP contribution in [0.1, 0.15) is 29.3 Å². The van der Waals surface area contributed by atoms with Crippen LogP contribution in [0.2, 0.25) is 0 Å². The lowest BCUT2D eigenvalue weighted by atomic mass is 10.1. The lowest BCUT2D eigenvalue weighted by Crippen LogP contribution is -2.16. The third-order valence-electron chi connectivity index (χ3n) is 2.59. The summed E-state index contributed by atoms with van der Waals surface area (Å²) in [6.45, 7) is 4.80. The van der Waals surface area contributed by atoms with E-state index in [4.69, 9.17) is 10.5 Å². The zero-order chi connectivity index (χ0) is 10.8. The fraction of sp³-hybridized carbons (Fsp3) is 0.417. The molecule has 0 saturated carbocycles. The highest BCUT2D eigenvalue weighted by Crippen LogP contribution is 2.25. The van der Waals surface area contributed by atoms with Gasteiger partial charge in [-0.25, -0.2) is 0 Å². The summed E-state index contributed by atoms with van der Waals surface area (Å²) >= 11 is 0. The third-order valence-corrected chi connectivity index (χ3v) is 2.59. The van der Waals surface area contributed by atoms with E-state index in [-0.39, 0.29) is 6.04 Å². The molecule has 0 amide bonds. The van der Waals surface area contributed by atoms with Gasteiger partial charge in [0.2, 0.25) is 0 Å². The maximum Gasteiger partial charge on any atom is 0.115 e. The standard InChI is InChI=1S/C12H16N2O/c1-8-6-9(2)12(14-7-8)11(13)10-4-3-5-15-10/h4,6-7,11H,3,5,13H2,1-2H3. The fourth-order valence-corrected chi connectivity index (χ4v) is 1.84. The van der Waals surface area contributed by atoms with Gasteiger partial charge < -0.3 is 10.5 Å². The largest absolute Gasteiger partial charge is 0.496 e. The Morgan fingerprint density at radius 3 is 2.87 bits per heavy atom. The molecule has 0 spiro atoms. The van der Waals surface area contributed by atoms with Crippen molar-refractivity contribution in [3.63, 3.8) is 0 Å². The Balaban J connectivity index is 2.28. The zero-order valence-electron chi connectivity index (χ0n) is 9.16. The van der Waals surface area contributed by atoms with Crippen LogP contribution in [0.4, 0.5) is 0 Å². The first-order valence-corrected chi connectivity index (χ1v) is 5.20. The Hall–Kier alpha value is -1.35. The Labute approximate surface area is 90.0 Å². The van der Waals surface area contributed by atoms with Crippen molar-refractivity contribution in [2.24, 2.45) is 5.73 Å². The molecule has 0 bridgehead atoms. The van der Waals surface area contributed by atoms with E-state index >= 15 is 0 Å². The lowest BCUT2D eigenvalue weighted by molar-refractivity contribution is 0.224. The van der Waals surface area contributed by atoms with Crippen LogP contribution in [0.25, 0.3) is 0 Å². The average molecular weight is 204 g/mol. The van der Waals surface area contributed by atoms with Crippen molar-refractivity contribution < 1.29 is 4.74 Å². The highest BCUT2D eigenvalue weighted by molar-refractivity contribution is 5.29. The molecule has 2 N–H and O–H groups in total. The average Bonchev–Trinajstić information content (AvgIpc) is 2.69. The van der Waals surface area contributed by atoms with Crippen molar-refractivity contribution in [2.75, 3.05) is 6.61 Å². The summed E-state index contributed by atoms with van der Waals surface area (Å²) in [5.41, 5.74) is 9.29. The van der Waals surface area contributed by atoms with E-state index in [0.717, 1.165) is 35.6 Å². The van der Waals surface area contributed by atoms with Crippen molar-refractivity contribution in [1.29, 1.82) is 0 Å². The van der Waals surface area contributed by atoms with E-state index in [1.54, 1.807) is 0 Å². The highest BCUT2D eigenvalue weighted by Gasteiger charge is 2.19. The number of ether oxygens (including phenoxy) is 1. The summed E-state index contributed by atoms with van der Waals surface area (Å²) in [5, 5.41) is 0. The van der Waals surface area contributed by atoms with Crippen molar-refractivity contribution in [3.05, 3.63) is 40.9 Å². The van der Waals surface area contributed by atoms with E-state index in [9.17, 15) is 0 Å². The van der Waals surface area contributed by atoms with Gasteiger partial charge in [0.25, 0.3) is 0 Å². The van der Waals surface area contributed by atoms with Crippen LogP contribution >= 0.6 is 0 Å². The quantitative estimate of drug-likeness (QED) is 0.801. The van der Waals surface area contributed by atoms with E-state index in [1.165, 1.54) is 0 Å². The summed E-state index contributed by atoms with van der Waals surface area (Å²) in [7, 11) is 0. The molecule has 1 aliphatic rings. The second-order valence-corrected chi connectivity index (χ2v) is 3.94. The molecule has 0 fully saturated rings. The number of nitrogens with two attached hydrogens (primary N) is 1. The minimum atomic E-state index is -0.215. The number of rotatable bonds is 2.